The number of nitrogens with one attached hydrogen (secondary N) is 1. The number of amides is 1. The summed E-state index contributed by atoms with van der Waals surface area (Å²) >= 11 is 0. The maximum atomic E-state index is 12.8. The monoisotopic (exact) mass is 350 g/mol. The minimum atomic E-state index is -0.628. The molecule has 1 aliphatic carbocycles. The van der Waals surface area contributed by atoms with E-state index in [1.807, 2.05) is 36.4 Å². The lowest BCUT2D eigenvalue weighted by atomic mass is 9.72. The number of aliphatic hydroxyl groups is 1. The van der Waals surface area contributed by atoms with Crippen LogP contribution in [0.1, 0.15) is 30.0 Å². The van der Waals surface area contributed by atoms with E-state index in [4.69, 9.17) is 4.74 Å². The summed E-state index contributed by atoms with van der Waals surface area (Å²) in [6.45, 7) is 1.77. The first-order chi connectivity index (χ1) is 12.7. The number of nitrogens with zero attached hydrogens (tertiary/aromatic N) is 1. The highest BCUT2D eigenvalue weighted by Crippen LogP contribution is 2.54. The molecule has 0 radical (unpaired) electrons. The Bertz CT molecular complexity index is 860. The first-order valence-electron chi connectivity index (χ1n) is 9.24. The van der Waals surface area contributed by atoms with E-state index < -0.39 is 6.10 Å². The van der Waals surface area contributed by atoms with E-state index >= 15 is 0 Å². The molecule has 0 unspecified atom stereocenters. The fraction of sp³-hybridized carbons (Fsp3) is 0.381. The van der Waals surface area contributed by atoms with Crippen molar-refractivity contribution in [2.75, 3.05) is 24.6 Å². The first-order valence-corrected chi connectivity index (χ1v) is 9.24. The highest BCUT2D eigenvalue weighted by Gasteiger charge is 2.55. The van der Waals surface area contributed by atoms with Gasteiger partial charge in [-0.2, -0.15) is 0 Å². The van der Waals surface area contributed by atoms with Crippen molar-refractivity contribution in [2.45, 2.75) is 30.4 Å². The molecule has 2 heterocycles. The highest BCUT2D eigenvalue weighted by molar-refractivity contribution is 5.99. The molecule has 2 aliphatic heterocycles. The number of piperidine rings is 1. The summed E-state index contributed by atoms with van der Waals surface area (Å²) in [5.41, 5.74) is 2.70. The number of benzene rings is 2. The Hall–Kier alpha value is -2.37. The Morgan fingerprint density at radius 1 is 1.08 bits per heavy atom. The van der Waals surface area contributed by atoms with Gasteiger partial charge in [0.05, 0.1) is 17.8 Å². The van der Waals surface area contributed by atoms with Gasteiger partial charge in [-0.3, -0.25) is 9.69 Å². The van der Waals surface area contributed by atoms with Gasteiger partial charge in [-0.15, -0.1) is 0 Å². The average Bonchev–Trinajstić information content (AvgIpc) is 2.91. The molecule has 134 valence electrons. The summed E-state index contributed by atoms with van der Waals surface area (Å²) in [6.07, 6.45) is 1.13. The molecule has 5 heteroatoms. The number of para-hydroxylation sites is 2. The molecule has 0 bridgehead atoms. The molecule has 1 fully saturated rings. The average molecular weight is 350 g/mol. The Kier molecular flexibility index (Phi) is 3.55. The molecule has 2 N–H and O–H groups in total. The predicted molar refractivity (Wildman–Crippen MR) is 98.4 cm³/mol. The number of rotatable bonds is 1. The molecule has 5 rings (SSSR count). The molecule has 5 nitrogen and oxygen atoms in total. The van der Waals surface area contributed by atoms with Crippen molar-refractivity contribution in [3.05, 3.63) is 59.7 Å². The van der Waals surface area contributed by atoms with Crippen LogP contribution in [0, 0.1) is 0 Å². The van der Waals surface area contributed by atoms with E-state index in [0.717, 1.165) is 37.2 Å². The van der Waals surface area contributed by atoms with E-state index in [1.165, 1.54) is 5.56 Å². The molecule has 2 aromatic rings. The summed E-state index contributed by atoms with van der Waals surface area (Å²) in [5, 5.41) is 14.9. The van der Waals surface area contributed by atoms with E-state index in [2.05, 4.69) is 17.4 Å². The lowest BCUT2D eigenvalue weighted by molar-refractivity contribution is -0.122. The van der Waals surface area contributed by atoms with Crippen LogP contribution in [0.2, 0.25) is 0 Å². The molecule has 0 aromatic heterocycles. The van der Waals surface area contributed by atoms with Crippen molar-refractivity contribution in [1.29, 1.82) is 0 Å². The van der Waals surface area contributed by atoms with Gasteiger partial charge in [-0.1, -0.05) is 36.4 Å². The minimum Gasteiger partial charge on any atom is -0.482 e. The van der Waals surface area contributed by atoms with E-state index in [-0.39, 0.29) is 24.0 Å². The van der Waals surface area contributed by atoms with Crippen molar-refractivity contribution in [3.63, 3.8) is 0 Å². The van der Waals surface area contributed by atoms with E-state index in [9.17, 15) is 9.90 Å². The fourth-order valence-electron chi connectivity index (χ4n) is 4.98. The van der Waals surface area contributed by atoms with Crippen LogP contribution < -0.4 is 15.0 Å². The Balaban J connectivity index is 1.67. The Morgan fingerprint density at radius 3 is 2.65 bits per heavy atom. The third kappa shape index (κ3) is 2.07. The Morgan fingerprint density at radius 2 is 1.81 bits per heavy atom. The van der Waals surface area contributed by atoms with Crippen molar-refractivity contribution >= 4 is 11.6 Å². The van der Waals surface area contributed by atoms with Gasteiger partial charge in [-0.25, -0.2) is 0 Å². The quantitative estimate of drug-likeness (QED) is 0.827. The van der Waals surface area contributed by atoms with Gasteiger partial charge >= 0.3 is 0 Å². The SMILES string of the molecule is O=C1COc2ccccc2N1[C@@H]1c2ccccc2C2(CCNCC2)[C@H]1O. The number of hydrogen-bond acceptors (Lipinski definition) is 4. The predicted octanol–water partition coefficient (Wildman–Crippen LogP) is 2.15. The van der Waals surface area contributed by atoms with E-state index in [0.29, 0.717) is 5.75 Å². The number of carbonyl (C=O) groups excluding carboxylic acids is 1. The zero-order valence-electron chi connectivity index (χ0n) is 14.5. The van der Waals surface area contributed by atoms with Gasteiger partial charge in [0.25, 0.3) is 5.91 Å². The minimum absolute atomic E-state index is 0.0109. The normalized spacial score (nSPS) is 26.3. The molecule has 2 atom stereocenters. The lowest BCUT2D eigenvalue weighted by Crippen LogP contribution is -2.51. The van der Waals surface area contributed by atoms with Crippen LogP contribution in [0.3, 0.4) is 0 Å². The van der Waals surface area contributed by atoms with Gasteiger partial charge in [0.1, 0.15) is 5.75 Å². The van der Waals surface area contributed by atoms with Gasteiger partial charge in [0.15, 0.2) is 6.61 Å². The first kappa shape index (κ1) is 15.9. The van der Waals surface area contributed by atoms with E-state index in [1.54, 1.807) is 4.90 Å². The summed E-state index contributed by atoms with van der Waals surface area (Å²) in [4.78, 5) is 14.6. The second-order valence-electron chi connectivity index (χ2n) is 7.40. The van der Waals surface area contributed by atoms with Gasteiger partial charge in [0.2, 0.25) is 0 Å². The summed E-state index contributed by atoms with van der Waals surface area (Å²) in [7, 11) is 0. The van der Waals surface area contributed by atoms with Crippen LogP contribution in [0.4, 0.5) is 5.69 Å². The number of carbonyl (C=O) groups is 1. The summed E-state index contributed by atoms with van der Waals surface area (Å²) in [6, 6.07) is 15.4. The van der Waals surface area contributed by atoms with Crippen molar-refractivity contribution in [1.82, 2.24) is 5.32 Å². The molecule has 1 saturated heterocycles. The summed E-state index contributed by atoms with van der Waals surface area (Å²) < 4.78 is 5.60. The highest BCUT2D eigenvalue weighted by atomic mass is 16.5. The molecule has 3 aliphatic rings. The van der Waals surface area contributed by atoms with Crippen LogP contribution in [0.5, 0.6) is 5.75 Å². The lowest BCUT2D eigenvalue weighted by Gasteiger charge is -2.41. The number of aliphatic hydroxyl groups excluding tert-OH is 1. The van der Waals surface area contributed by atoms with Crippen LogP contribution in [-0.2, 0) is 10.2 Å². The van der Waals surface area contributed by atoms with Crippen molar-refractivity contribution < 1.29 is 14.6 Å². The second kappa shape index (κ2) is 5.83. The summed E-state index contributed by atoms with van der Waals surface area (Å²) in [5.74, 6) is 0.594. The Labute approximate surface area is 152 Å². The number of anilines is 1. The van der Waals surface area contributed by atoms with Crippen LogP contribution in [-0.4, -0.2) is 36.8 Å². The topological polar surface area (TPSA) is 61.8 Å². The standard InChI is InChI=1S/C21H22N2O3/c24-18-13-26-17-8-4-3-7-16(17)23(18)19-14-5-1-2-6-15(14)21(20(19)25)9-11-22-12-10-21/h1-8,19-20,22,25H,9-13H2/t19-,20+/m1/s1. The number of hydrogen-bond donors (Lipinski definition) is 2. The number of fused-ring (bicyclic) bond motifs is 3. The molecular weight excluding hydrogens is 328 g/mol. The van der Waals surface area contributed by atoms with Gasteiger partial charge in [-0.05, 0) is 49.2 Å². The molecular formula is C21H22N2O3. The molecule has 2 aromatic carbocycles. The van der Waals surface area contributed by atoms with Crippen molar-refractivity contribution in [3.8, 4) is 5.75 Å². The molecule has 1 amide bonds. The third-order valence-corrected chi connectivity index (χ3v) is 6.20. The number of ether oxygens (including phenoxy) is 1. The molecule has 1 spiro atoms. The van der Waals surface area contributed by atoms with Crippen LogP contribution in [0.25, 0.3) is 0 Å². The zero-order chi connectivity index (χ0) is 17.7. The molecule has 0 saturated carbocycles. The maximum Gasteiger partial charge on any atom is 0.265 e. The second-order valence-corrected chi connectivity index (χ2v) is 7.40. The van der Waals surface area contributed by atoms with Crippen molar-refractivity contribution in [2.24, 2.45) is 0 Å². The van der Waals surface area contributed by atoms with Crippen LogP contribution >= 0.6 is 0 Å². The maximum absolute atomic E-state index is 12.8. The van der Waals surface area contributed by atoms with Gasteiger partial charge in [0, 0.05) is 5.41 Å². The molecule has 26 heavy (non-hydrogen) atoms. The largest absolute Gasteiger partial charge is 0.482 e. The fourth-order valence-corrected chi connectivity index (χ4v) is 4.98. The zero-order valence-corrected chi connectivity index (χ0v) is 14.5. The van der Waals surface area contributed by atoms with Crippen LogP contribution in [0.15, 0.2) is 48.5 Å². The third-order valence-electron chi connectivity index (χ3n) is 6.20. The van der Waals surface area contributed by atoms with Gasteiger partial charge < -0.3 is 15.2 Å². The smallest absolute Gasteiger partial charge is 0.265 e.